The van der Waals surface area contributed by atoms with Gasteiger partial charge in [-0.15, -0.1) is 0 Å². The molecule has 0 heterocycles. The summed E-state index contributed by atoms with van der Waals surface area (Å²) >= 11 is 5.95. The first-order valence-electron chi connectivity index (χ1n) is 7.70. The maximum absolute atomic E-state index is 5.95. The topological polar surface area (TPSA) is 12.0 Å². The van der Waals surface area contributed by atoms with Gasteiger partial charge in [-0.1, -0.05) is 48.0 Å². The first kappa shape index (κ1) is 14.6. The van der Waals surface area contributed by atoms with E-state index in [0.717, 1.165) is 5.02 Å². The van der Waals surface area contributed by atoms with Crippen molar-refractivity contribution < 1.29 is 0 Å². The van der Waals surface area contributed by atoms with Crippen molar-refractivity contribution in [1.82, 2.24) is 5.32 Å². The quantitative estimate of drug-likeness (QED) is 0.813. The van der Waals surface area contributed by atoms with Crippen molar-refractivity contribution in [3.05, 3.63) is 70.2 Å². The van der Waals surface area contributed by atoms with Gasteiger partial charge in [0.25, 0.3) is 0 Å². The molecule has 3 rings (SSSR count). The van der Waals surface area contributed by atoms with Crippen LogP contribution < -0.4 is 5.32 Å². The first-order valence-corrected chi connectivity index (χ1v) is 8.08. The molecule has 1 saturated carbocycles. The molecule has 1 N–H and O–H groups in total. The van der Waals surface area contributed by atoms with Gasteiger partial charge in [-0.25, -0.2) is 0 Å². The Hall–Kier alpha value is -1.31. The molecular weight excluding hydrogens is 278 g/mol. The summed E-state index contributed by atoms with van der Waals surface area (Å²) in [7, 11) is 0. The molecule has 110 valence electrons. The lowest BCUT2D eigenvalue weighted by molar-refractivity contribution is 0.270. The highest BCUT2D eigenvalue weighted by Crippen LogP contribution is 2.38. The number of nitrogens with one attached hydrogen (secondary N) is 1. The summed E-state index contributed by atoms with van der Waals surface area (Å²) in [4.78, 5) is 0. The van der Waals surface area contributed by atoms with Crippen LogP contribution in [0, 0.1) is 6.92 Å². The van der Waals surface area contributed by atoms with Gasteiger partial charge in [0.05, 0.1) is 0 Å². The monoisotopic (exact) mass is 299 g/mol. The van der Waals surface area contributed by atoms with Gasteiger partial charge in [-0.05, 0) is 61.4 Å². The van der Waals surface area contributed by atoms with Crippen LogP contribution in [-0.2, 0) is 0 Å². The first-order chi connectivity index (χ1) is 10.1. The van der Waals surface area contributed by atoms with Crippen molar-refractivity contribution in [2.45, 2.75) is 44.7 Å². The molecule has 1 fully saturated rings. The summed E-state index contributed by atoms with van der Waals surface area (Å²) in [6.45, 7) is 4.45. The number of hydrogen-bond acceptors (Lipinski definition) is 1. The number of hydrogen-bond donors (Lipinski definition) is 1. The van der Waals surface area contributed by atoms with Crippen LogP contribution in [0.25, 0.3) is 0 Å². The summed E-state index contributed by atoms with van der Waals surface area (Å²) in [5.74, 6) is 0.684. The molecule has 2 heteroatoms. The summed E-state index contributed by atoms with van der Waals surface area (Å²) in [5.41, 5.74) is 4.19. The zero-order valence-corrected chi connectivity index (χ0v) is 13.4. The molecule has 0 spiro atoms. The van der Waals surface area contributed by atoms with E-state index < -0.39 is 0 Å². The Morgan fingerprint density at radius 1 is 1.05 bits per heavy atom. The molecule has 1 nitrogen and oxygen atoms in total. The van der Waals surface area contributed by atoms with Crippen LogP contribution in [0.2, 0.25) is 5.02 Å². The third-order valence-electron chi connectivity index (χ3n) is 4.62. The largest absolute Gasteiger partial charge is 0.307 e. The van der Waals surface area contributed by atoms with E-state index in [-0.39, 0.29) is 0 Å². The summed E-state index contributed by atoms with van der Waals surface area (Å²) in [6.07, 6.45) is 2.44. The molecule has 0 bridgehead atoms. The summed E-state index contributed by atoms with van der Waals surface area (Å²) in [5, 5.41) is 4.58. The summed E-state index contributed by atoms with van der Waals surface area (Å²) in [6, 6.07) is 18.0. The Labute approximate surface area is 132 Å². The van der Waals surface area contributed by atoms with Gasteiger partial charge in [-0.3, -0.25) is 0 Å². The Morgan fingerprint density at radius 3 is 2.38 bits per heavy atom. The molecule has 0 radical (unpaired) electrons. The second-order valence-corrected chi connectivity index (χ2v) is 6.60. The highest BCUT2D eigenvalue weighted by molar-refractivity contribution is 6.30. The minimum absolute atomic E-state index is 0.419. The lowest BCUT2D eigenvalue weighted by Crippen LogP contribution is -2.41. The van der Waals surface area contributed by atoms with E-state index in [1.807, 2.05) is 12.1 Å². The van der Waals surface area contributed by atoms with E-state index in [1.54, 1.807) is 0 Å². The van der Waals surface area contributed by atoms with E-state index in [4.69, 9.17) is 11.6 Å². The van der Waals surface area contributed by atoms with E-state index in [2.05, 4.69) is 55.6 Å². The Bertz CT molecular complexity index is 599. The van der Waals surface area contributed by atoms with E-state index in [9.17, 15) is 0 Å². The standard InChI is InChI=1S/C19H22ClN/c1-13-5-3-4-6-19(13)14(2)21-18-11-16(12-18)15-7-9-17(20)10-8-15/h3-10,14,16,18,21H,11-12H2,1-2H3/t14-,16?,18?/m0/s1. The molecule has 1 aliphatic carbocycles. The fourth-order valence-corrected chi connectivity index (χ4v) is 3.40. The molecule has 2 aromatic carbocycles. The Kier molecular flexibility index (Phi) is 4.32. The van der Waals surface area contributed by atoms with Gasteiger partial charge in [0.2, 0.25) is 0 Å². The van der Waals surface area contributed by atoms with Gasteiger partial charge in [0.15, 0.2) is 0 Å². The van der Waals surface area contributed by atoms with E-state index in [0.29, 0.717) is 18.0 Å². The van der Waals surface area contributed by atoms with Crippen LogP contribution in [0.1, 0.15) is 48.4 Å². The fourth-order valence-electron chi connectivity index (χ4n) is 3.28. The molecule has 1 atom stereocenters. The van der Waals surface area contributed by atoms with Crippen molar-refractivity contribution in [3.8, 4) is 0 Å². The Balaban J connectivity index is 1.55. The van der Waals surface area contributed by atoms with Gasteiger partial charge < -0.3 is 5.32 Å². The molecule has 0 amide bonds. The third-order valence-corrected chi connectivity index (χ3v) is 4.87. The van der Waals surface area contributed by atoms with Crippen molar-refractivity contribution in [3.63, 3.8) is 0 Å². The lowest BCUT2D eigenvalue weighted by Gasteiger charge is -2.38. The third kappa shape index (κ3) is 3.30. The van der Waals surface area contributed by atoms with Gasteiger partial charge in [0.1, 0.15) is 0 Å². The van der Waals surface area contributed by atoms with Crippen LogP contribution in [0.15, 0.2) is 48.5 Å². The normalized spacial score (nSPS) is 22.6. The molecule has 2 aromatic rings. The molecule has 0 unspecified atom stereocenters. The van der Waals surface area contributed by atoms with Gasteiger partial charge in [-0.2, -0.15) is 0 Å². The van der Waals surface area contributed by atoms with Crippen LogP contribution in [-0.4, -0.2) is 6.04 Å². The maximum Gasteiger partial charge on any atom is 0.0406 e. The number of benzene rings is 2. The van der Waals surface area contributed by atoms with E-state index >= 15 is 0 Å². The number of aryl methyl sites for hydroxylation is 1. The average Bonchev–Trinajstić information content (AvgIpc) is 2.44. The summed E-state index contributed by atoms with van der Waals surface area (Å²) < 4.78 is 0. The molecular formula is C19H22ClN. The van der Waals surface area contributed by atoms with Crippen molar-refractivity contribution in [2.24, 2.45) is 0 Å². The van der Waals surface area contributed by atoms with E-state index in [1.165, 1.54) is 29.5 Å². The predicted molar refractivity (Wildman–Crippen MR) is 89.9 cm³/mol. The van der Waals surface area contributed by atoms with Crippen molar-refractivity contribution in [1.29, 1.82) is 0 Å². The minimum Gasteiger partial charge on any atom is -0.307 e. The fraction of sp³-hybridized carbons (Fsp3) is 0.368. The molecule has 0 aliphatic heterocycles. The van der Waals surface area contributed by atoms with Crippen LogP contribution in [0.4, 0.5) is 0 Å². The minimum atomic E-state index is 0.419. The second kappa shape index (κ2) is 6.21. The lowest BCUT2D eigenvalue weighted by atomic mass is 9.75. The molecule has 0 saturated heterocycles. The van der Waals surface area contributed by atoms with Crippen LogP contribution in [0.5, 0.6) is 0 Å². The smallest absolute Gasteiger partial charge is 0.0406 e. The van der Waals surface area contributed by atoms with Gasteiger partial charge >= 0.3 is 0 Å². The number of halogens is 1. The molecule has 1 aliphatic rings. The van der Waals surface area contributed by atoms with Gasteiger partial charge in [0, 0.05) is 17.1 Å². The zero-order chi connectivity index (χ0) is 14.8. The average molecular weight is 300 g/mol. The van der Waals surface area contributed by atoms with Crippen molar-refractivity contribution >= 4 is 11.6 Å². The highest BCUT2D eigenvalue weighted by Gasteiger charge is 2.31. The second-order valence-electron chi connectivity index (χ2n) is 6.16. The maximum atomic E-state index is 5.95. The van der Waals surface area contributed by atoms with Crippen LogP contribution >= 0.6 is 11.6 Å². The van der Waals surface area contributed by atoms with Crippen LogP contribution in [0.3, 0.4) is 0 Å². The molecule has 21 heavy (non-hydrogen) atoms. The molecule has 0 aromatic heterocycles. The highest BCUT2D eigenvalue weighted by atomic mass is 35.5. The predicted octanol–water partition coefficient (Wildman–Crippen LogP) is 5.25. The Morgan fingerprint density at radius 2 is 1.71 bits per heavy atom. The van der Waals surface area contributed by atoms with Crippen molar-refractivity contribution in [2.75, 3.05) is 0 Å². The zero-order valence-electron chi connectivity index (χ0n) is 12.6. The SMILES string of the molecule is Cc1ccccc1[C@H](C)NC1CC(c2ccc(Cl)cc2)C1. The number of rotatable bonds is 4.